The van der Waals surface area contributed by atoms with Crippen LogP contribution in [0.2, 0.25) is 0 Å². The van der Waals surface area contributed by atoms with Crippen molar-refractivity contribution in [1.82, 2.24) is 0 Å². The molecule has 0 spiro atoms. The van der Waals surface area contributed by atoms with Crippen LogP contribution in [0.3, 0.4) is 0 Å². The summed E-state index contributed by atoms with van der Waals surface area (Å²) < 4.78 is 5.26. The van der Waals surface area contributed by atoms with E-state index in [1.165, 1.54) is 11.3 Å². The van der Waals surface area contributed by atoms with Crippen LogP contribution >= 0.6 is 0 Å². The molecule has 24 heavy (non-hydrogen) atoms. The molecule has 0 heterocycles. The molecule has 2 aromatic carbocycles. The highest BCUT2D eigenvalue weighted by Crippen LogP contribution is 2.49. The van der Waals surface area contributed by atoms with Crippen molar-refractivity contribution in [1.29, 1.82) is 0 Å². The van der Waals surface area contributed by atoms with Crippen LogP contribution in [0.25, 0.3) is 0 Å². The zero-order valence-electron chi connectivity index (χ0n) is 14.8. The van der Waals surface area contributed by atoms with E-state index in [1.54, 1.807) is 7.11 Å². The summed E-state index contributed by atoms with van der Waals surface area (Å²) in [7, 11) is 5.79. The molecule has 0 radical (unpaired) electrons. The first-order valence-electron chi connectivity index (χ1n) is 8.69. The molecule has 1 fully saturated rings. The van der Waals surface area contributed by atoms with Gasteiger partial charge in [0.1, 0.15) is 5.75 Å². The van der Waals surface area contributed by atoms with Crippen LogP contribution in [0, 0.1) is 0 Å². The number of ether oxygens (including phenoxy) is 1. The molecule has 2 atom stereocenters. The third-order valence-electron chi connectivity index (χ3n) is 5.26. The lowest BCUT2D eigenvalue weighted by atomic mass is 9.68. The number of anilines is 1. The number of benzene rings is 2. The van der Waals surface area contributed by atoms with Gasteiger partial charge in [0, 0.05) is 25.7 Å². The van der Waals surface area contributed by atoms with E-state index in [1.807, 2.05) is 24.3 Å². The quantitative estimate of drug-likeness (QED) is 0.909. The number of para-hydroxylation sites is 1. The van der Waals surface area contributed by atoms with Gasteiger partial charge >= 0.3 is 0 Å². The topological polar surface area (TPSA) is 32.7 Å². The smallest absolute Gasteiger partial charge is 0.118 e. The third kappa shape index (κ3) is 3.01. The summed E-state index contributed by atoms with van der Waals surface area (Å²) in [6.45, 7) is 0. The van der Waals surface area contributed by atoms with Crippen LogP contribution in [0.4, 0.5) is 5.69 Å². The molecule has 0 aliphatic heterocycles. The minimum atomic E-state index is -0.823. The Balaban J connectivity index is 2.04. The van der Waals surface area contributed by atoms with E-state index in [0.29, 0.717) is 0 Å². The van der Waals surface area contributed by atoms with E-state index in [4.69, 9.17) is 4.74 Å². The lowest BCUT2D eigenvalue weighted by Crippen LogP contribution is -2.37. The van der Waals surface area contributed by atoms with Gasteiger partial charge in [0.05, 0.1) is 12.7 Å². The number of rotatable bonds is 4. The Morgan fingerprint density at radius 3 is 2.42 bits per heavy atom. The number of hydrogen-bond acceptors (Lipinski definition) is 3. The minimum absolute atomic E-state index is 0.109. The lowest BCUT2D eigenvalue weighted by Gasteiger charge is -2.42. The summed E-state index contributed by atoms with van der Waals surface area (Å²) in [6, 6.07) is 16.3. The van der Waals surface area contributed by atoms with Crippen LogP contribution in [0.15, 0.2) is 48.5 Å². The van der Waals surface area contributed by atoms with Crippen molar-refractivity contribution >= 4 is 5.69 Å². The Morgan fingerprint density at radius 1 is 1.04 bits per heavy atom. The monoisotopic (exact) mass is 325 g/mol. The van der Waals surface area contributed by atoms with Crippen LogP contribution in [-0.4, -0.2) is 26.3 Å². The van der Waals surface area contributed by atoms with Crippen molar-refractivity contribution in [2.75, 3.05) is 26.1 Å². The van der Waals surface area contributed by atoms with E-state index in [-0.39, 0.29) is 5.92 Å². The molecule has 1 aliphatic carbocycles. The largest absolute Gasteiger partial charge is 0.497 e. The first kappa shape index (κ1) is 16.8. The van der Waals surface area contributed by atoms with Crippen LogP contribution in [0.1, 0.15) is 42.7 Å². The highest BCUT2D eigenvalue weighted by molar-refractivity contribution is 5.55. The fourth-order valence-electron chi connectivity index (χ4n) is 3.98. The van der Waals surface area contributed by atoms with Crippen molar-refractivity contribution in [3.63, 3.8) is 0 Å². The van der Waals surface area contributed by atoms with Crippen LogP contribution in [-0.2, 0) is 5.60 Å². The molecule has 0 amide bonds. The normalized spacial score (nSPS) is 23.8. The summed E-state index contributed by atoms with van der Waals surface area (Å²) in [5.41, 5.74) is 2.59. The highest BCUT2D eigenvalue weighted by atomic mass is 16.5. The van der Waals surface area contributed by atoms with E-state index < -0.39 is 5.60 Å². The number of aliphatic hydroxyl groups is 1. The SMILES string of the molecule is COc1ccc(C2(O)CCCCC2c2ccccc2N(C)C)cc1. The maximum Gasteiger partial charge on any atom is 0.118 e. The first-order valence-corrected chi connectivity index (χ1v) is 8.69. The van der Waals surface area contributed by atoms with Crippen LogP contribution in [0.5, 0.6) is 5.75 Å². The van der Waals surface area contributed by atoms with Gasteiger partial charge in [0.25, 0.3) is 0 Å². The van der Waals surface area contributed by atoms with Crippen molar-refractivity contribution in [2.45, 2.75) is 37.2 Å². The van der Waals surface area contributed by atoms with Gasteiger partial charge in [0.2, 0.25) is 0 Å². The molecule has 2 unspecified atom stereocenters. The maximum absolute atomic E-state index is 11.7. The molecule has 3 nitrogen and oxygen atoms in total. The predicted octanol–water partition coefficient (Wildman–Crippen LogP) is 4.31. The average molecular weight is 325 g/mol. The standard InChI is InChI=1S/C21H27NO2/c1-22(2)20-10-5-4-8-18(20)19-9-6-7-15-21(19,23)16-11-13-17(24-3)14-12-16/h4-5,8,10-14,19,23H,6-7,9,15H2,1-3H3. The molecular formula is C21H27NO2. The molecule has 0 bridgehead atoms. The molecule has 1 aliphatic rings. The van der Waals surface area contributed by atoms with Gasteiger partial charge in [-0.3, -0.25) is 0 Å². The van der Waals surface area contributed by atoms with E-state index >= 15 is 0 Å². The second-order valence-electron chi connectivity index (χ2n) is 6.90. The molecule has 128 valence electrons. The van der Waals surface area contributed by atoms with Gasteiger partial charge in [-0.15, -0.1) is 0 Å². The molecule has 3 heteroatoms. The molecule has 3 rings (SSSR count). The molecule has 2 aromatic rings. The Hall–Kier alpha value is -2.00. The second-order valence-corrected chi connectivity index (χ2v) is 6.90. The maximum atomic E-state index is 11.7. The van der Waals surface area contributed by atoms with E-state index in [9.17, 15) is 5.11 Å². The molecule has 0 aromatic heterocycles. The van der Waals surface area contributed by atoms with E-state index in [0.717, 1.165) is 37.0 Å². The minimum Gasteiger partial charge on any atom is -0.497 e. The summed E-state index contributed by atoms with van der Waals surface area (Å²) in [4.78, 5) is 2.14. The summed E-state index contributed by atoms with van der Waals surface area (Å²) in [5.74, 6) is 0.932. The average Bonchev–Trinajstić information content (AvgIpc) is 2.62. The van der Waals surface area contributed by atoms with Crippen LogP contribution < -0.4 is 9.64 Å². The third-order valence-corrected chi connectivity index (χ3v) is 5.26. The lowest BCUT2D eigenvalue weighted by molar-refractivity contribution is -0.0223. The van der Waals surface area contributed by atoms with Gasteiger partial charge in [-0.1, -0.05) is 43.2 Å². The predicted molar refractivity (Wildman–Crippen MR) is 98.9 cm³/mol. The van der Waals surface area contributed by atoms with Crippen molar-refractivity contribution < 1.29 is 9.84 Å². The molecule has 1 N–H and O–H groups in total. The Kier molecular flexibility index (Phi) is 4.81. The molecular weight excluding hydrogens is 298 g/mol. The summed E-state index contributed by atoms with van der Waals surface area (Å²) in [6.07, 6.45) is 4.02. The van der Waals surface area contributed by atoms with Crippen molar-refractivity contribution in [3.05, 3.63) is 59.7 Å². The zero-order valence-corrected chi connectivity index (χ0v) is 14.8. The number of nitrogens with zero attached hydrogens (tertiary/aromatic N) is 1. The highest BCUT2D eigenvalue weighted by Gasteiger charge is 2.42. The van der Waals surface area contributed by atoms with Gasteiger partial charge in [0.15, 0.2) is 0 Å². The second kappa shape index (κ2) is 6.86. The summed E-state index contributed by atoms with van der Waals surface area (Å²) >= 11 is 0. The van der Waals surface area contributed by atoms with E-state index in [2.05, 4.69) is 43.3 Å². The van der Waals surface area contributed by atoms with Gasteiger partial charge < -0.3 is 14.7 Å². The fraction of sp³-hybridized carbons (Fsp3) is 0.429. The van der Waals surface area contributed by atoms with Gasteiger partial charge in [-0.2, -0.15) is 0 Å². The molecule has 1 saturated carbocycles. The van der Waals surface area contributed by atoms with Crippen molar-refractivity contribution in [3.8, 4) is 5.75 Å². The van der Waals surface area contributed by atoms with Gasteiger partial charge in [-0.25, -0.2) is 0 Å². The van der Waals surface area contributed by atoms with Crippen molar-refractivity contribution in [2.24, 2.45) is 0 Å². The van der Waals surface area contributed by atoms with Gasteiger partial charge in [-0.05, 0) is 42.2 Å². The fourth-order valence-corrected chi connectivity index (χ4v) is 3.98. The zero-order chi connectivity index (χ0) is 17.2. The number of methoxy groups -OCH3 is 1. The first-order chi connectivity index (χ1) is 11.6. The number of hydrogen-bond donors (Lipinski definition) is 1. The summed E-state index contributed by atoms with van der Waals surface area (Å²) in [5, 5.41) is 11.7. The molecule has 0 saturated heterocycles. The Labute approximate surface area is 144 Å². The Bertz CT molecular complexity index is 680. The Morgan fingerprint density at radius 2 is 1.75 bits per heavy atom.